The molecule has 1 aliphatic rings. The van der Waals surface area contributed by atoms with Crippen LogP contribution >= 0.6 is 0 Å². The van der Waals surface area contributed by atoms with E-state index < -0.39 is 5.60 Å². The lowest BCUT2D eigenvalue weighted by Gasteiger charge is -2.35. The van der Waals surface area contributed by atoms with Crippen molar-refractivity contribution in [1.29, 1.82) is 5.41 Å². The molecule has 1 aromatic carbocycles. The molecular weight excluding hydrogens is 424 g/mol. The molecule has 1 aromatic heterocycles. The highest BCUT2D eigenvalue weighted by molar-refractivity contribution is 5.94. The number of aliphatic hydroxyl groups is 1. The van der Waals surface area contributed by atoms with Gasteiger partial charge in [-0.25, -0.2) is 9.97 Å². The first-order valence-corrected chi connectivity index (χ1v) is 12.0. The topological polar surface area (TPSA) is 88.4 Å². The van der Waals surface area contributed by atoms with Crippen molar-refractivity contribution in [2.45, 2.75) is 60.1 Å². The van der Waals surface area contributed by atoms with Crippen molar-refractivity contribution >= 4 is 11.5 Å². The number of aryl methyl sites for hydroxylation is 2. The van der Waals surface area contributed by atoms with Gasteiger partial charge in [-0.15, -0.1) is 0 Å². The molecular formula is C27H40N6O. The Labute approximate surface area is 204 Å². The molecule has 0 atom stereocenters. The van der Waals surface area contributed by atoms with Crippen LogP contribution in [-0.2, 0) is 13.0 Å². The number of anilines is 1. The number of benzene rings is 1. The van der Waals surface area contributed by atoms with Crippen molar-refractivity contribution in [1.82, 2.24) is 20.2 Å². The molecule has 2 heterocycles. The van der Waals surface area contributed by atoms with Crippen LogP contribution in [0.15, 0.2) is 30.1 Å². The standard InChI is InChI=1S/C27H40N6O/c1-17(2)21(28)14-23(29-7)33-13-12-22-20(15-33)26(32(8)16-27(5,6)34)31-25(30-22)24-18(3)10-9-11-19(24)4/h9-11,14,17,28-29,34H,12-13,15-16H2,1-8H3/b23-14+,28-21?. The molecule has 0 fully saturated rings. The highest BCUT2D eigenvalue weighted by Gasteiger charge is 2.28. The molecule has 184 valence electrons. The number of likely N-dealkylation sites (N-methyl/N-ethyl adjacent to an activating group) is 1. The molecule has 0 unspecified atom stereocenters. The summed E-state index contributed by atoms with van der Waals surface area (Å²) in [5.74, 6) is 2.69. The van der Waals surface area contributed by atoms with Crippen LogP contribution < -0.4 is 10.2 Å². The lowest BCUT2D eigenvalue weighted by Crippen LogP contribution is -2.40. The van der Waals surface area contributed by atoms with E-state index in [0.29, 0.717) is 18.8 Å². The largest absolute Gasteiger partial charge is 0.389 e. The van der Waals surface area contributed by atoms with Crippen LogP contribution in [0.2, 0.25) is 0 Å². The Morgan fingerprint density at radius 2 is 1.91 bits per heavy atom. The number of hydrogen-bond donors (Lipinski definition) is 3. The zero-order chi connectivity index (χ0) is 25.2. The van der Waals surface area contributed by atoms with Gasteiger partial charge in [-0.3, -0.25) is 0 Å². The second kappa shape index (κ2) is 10.1. The third-order valence-corrected chi connectivity index (χ3v) is 6.24. The number of nitrogens with zero attached hydrogens (tertiary/aromatic N) is 4. The molecule has 0 saturated carbocycles. The van der Waals surface area contributed by atoms with Gasteiger partial charge in [0.1, 0.15) is 11.6 Å². The Kier molecular flexibility index (Phi) is 7.66. The summed E-state index contributed by atoms with van der Waals surface area (Å²) >= 11 is 0. The third kappa shape index (κ3) is 5.76. The highest BCUT2D eigenvalue weighted by Crippen LogP contribution is 2.33. The highest BCUT2D eigenvalue weighted by atomic mass is 16.3. The molecule has 1 aliphatic heterocycles. The van der Waals surface area contributed by atoms with Gasteiger partial charge in [0.25, 0.3) is 0 Å². The second-order valence-corrected chi connectivity index (χ2v) is 10.3. The maximum atomic E-state index is 10.5. The van der Waals surface area contributed by atoms with Crippen molar-refractivity contribution in [2.24, 2.45) is 5.92 Å². The fourth-order valence-corrected chi connectivity index (χ4v) is 4.49. The fourth-order valence-electron chi connectivity index (χ4n) is 4.49. The normalized spacial score (nSPS) is 14.3. The zero-order valence-corrected chi connectivity index (χ0v) is 22.0. The van der Waals surface area contributed by atoms with E-state index >= 15 is 0 Å². The van der Waals surface area contributed by atoms with E-state index in [4.69, 9.17) is 15.4 Å². The molecule has 0 radical (unpaired) electrons. The first kappa shape index (κ1) is 25.7. The van der Waals surface area contributed by atoms with Crippen LogP contribution in [0, 0.1) is 25.2 Å². The van der Waals surface area contributed by atoms with Gasteiger partial charge in [-0.1, -0.05) is 32.0 Å². The molecule has 0 saturated heterocycles. The first-order valence-electron chi connectivity index (χ1n) is 12.0. The van der Waals surface area contributed by atoms with Gasteiger partial charge in [0.15, 0.2) is 5.82 Å². The van der Waals surface area contributed by atoms with E-state index in [1.54, 1.807) is 0 Å². The first-order chi connectivity index (χ1) is 15.9. The van der Waals surface area contributed by atoms with Gasteiger partial charge in [-0.2, -0.15) is 0 Å². The molecule has 3 N–H and O–H groups in total. The van der Waals surface area contributed by atoms with Crippen LogP contribution in [0.25, 0.3) is 11.4 Å². The summed E-state index contributed by atoms with van der Waals surface area (Å²) in [5.41, 5.74) is 5.24. The Morgan fingerprint density at radius 1 is 1.26 bits per heavy atom. The van der Waals surface area contributed by atoms with Gasteiger partial charge < -0.3 is 25.6 Å². The monoisotopic (exact) mass is 464 g/mol. The number of rotatable bonds is 8. The number of fused-ring (bicyclic) bond motifs is 1. The second-order valence-electron chi connectivity index (χ2n) is 10.3. The van der Waals surface area contributed by atoms with Gasteiger partial charge >= 0.3 is 0 Å². The van der Waals surface area contributed by atoms with E-state index in [1.165, 1.54) is 0 Å². The summed E-state index contributed by atoms with van der Waals surface area (Å²) < 4.78 is 0. The number of allylic oxidation sites excluding steroid dienone is 1. The number of nitrogens with one attached hydrogen (secondary N) is 2. The van der Waals surface area contributed by atoms with Crippen LogP contribution in [0.3, 0.4) is 0 Å². The average Bonchev–Trinajstić information content (AvgIpc) is 2.75. The molecule has 7 nitrogen and oxygen atoms in total. The van der Waals surface area contributed by atoms with Gasteiger partial charge in [0.05, 0.1) is 11.3 Å². The number of hydrogen-bond acceptors (Lipinski definition) is 7. The molecule has 2 aromatic rings. The van der Waals surface area contributed by atoms with E-state index in [-0.39, 0.29) is 5.92 Å². The Bertz CT molecular complexity index is 1060. The SMILES string of the molecule is CN/C(=C\C(=N)C(C)C)N1CCc2nc(-c3c(C)cccc3C)nc(N(C)CC(C)(C)O)c2C1. The summed E-state index contributed by atoms with van der Waals surface area (Å²) in [4.78, 5) is 14.4. The summed E-state index contributed by atoms with van der Waals surface area (Å²) in [7, 11) is 3.88. The van der Waals surface area contributed by atoms with Crippen LogP contribution in [-0.4, -0.2) is 58.5 Å². The van der Waals surface area contributed by atoms with Gasteiger partial charge in [-0.05, 0) is 50.8 Å². The summed E-state index contributed by atoms with van der Waals surface area (Å²) in [6, 6.07) is 6.26. The van der Waals surface area contributed by atoms with Crippen molar-refractivity contribution in [3.63, 3.8) is 0 Å². The average molecular weight is 465 g/mol. The minimum absolute atomic E-state index is 0.164. The molecule has 0 amide bonds. The van der Waals surface area contributed by atoms with Crippen molar-refractivity contribution in [3.05, 3.63) is 52.5 Å². The molecule has 0 spiro atoms. The third-order valence-electron chi connectivity index (χ3n) is 6.24. The smallest absolute Gasteiger partial charge is 0.162 e. The molecule has 34 heavy (non-hydrogen) atoms. The van der Waals surface area contributed by atoms with Crippen LogP contribution in [0.5, 0.6) is 0 Å². The van der Waals surface area contributed by atoms with Crippen LogP contribution in [0.1, 0.15) is 50.1 Å². The minimum Gasteiger partial charge on any atom is -0.389 e. The minimum atomic E-state index is -0.859. The fraction of sp³-hybridized carbons (Fsp3) is 0.519. The summed E-state index contributed by atoms with van der Waals surface area (Å²) in [5, 5.41) is 22.1. The van der Waals surface area contributed by atoms with Gasteiger partial charge in [0.2, 0.25) is 0 Å². The van der Waals surface area contributed by atoms with E-state index in [2.05, 4.69) is 42.3 Å². The molecule has 3 rings (SSSR count). The predicted molar refractivity (Wildman–Crippen MR) is 140 cm³/mol. The predicted octanol–water partition coefficient (Wildman–Crippen LogP) is 4.06. The van der Waals surface area contributed by atoms with Crippen molar-refractivity contribution < 1.29 is 5.11 Å². The maximum Gasteiger partial charge on any atom is 0.162 e. The van der Waals surface area contributed by atoms with Crippen LogP contribution in [0.4, 0.5) is 5.82 Å². The lowest BCUT2D eigenvalue weighted by molar-refractivity contribution is 0.0883. The quantitative estimate of drug-likeness (QED) is 0.511. The summed E-state index contributed by atoms with van der Waals surface area (Å²) in [6.45, 7) is 13.8. The maximum absolute atomic E-state index is 10.5. The molecule has 0 bridgehead atoms. The van der Waals surface area contributed by atoms with E-state index in [9.17, 15) is 5.11 Å². The Balaban J connectivity index is 2.10. The molecule has 7 heteroatoms. The molecule has 0 aliphatic carbocycles. The van der Waals surface area contributed by atoms with E-state index in [1.807, 2.05) is 52.8 Å². The Morgan fingerprint density at radius 3 is 2.47 bits per heavy atom. The van der Waals surface area contributed by atoms with E-state index in [0.717, 1.165) is 58.4 Å². The Hall–Kier alpha value is -2.93. The van der Waals surface area contributed by atoms with Crippen molar-refractivity contribution in [3.8, 4) is 11.4 Å². The number of aromatic nitrogens is 2. The summed E-state index contributed by atoms with van der Waals surface area (Å²) in [6.07, 6.45) is 2.70. The lowest BCUT2D eigenvalue weighted by atomic mass is 10.00. The van der Waals surface area contributed by atoms with Gasteiger partial charge in [0, 0.05) is 57.0 Å². The zero-order valence-electron chi connectivity index (χ0n) is 22.0. The van der Waals surface area contributed by atoms with Crippen molar-refractivity contribution in [2.75, 3.05) is 32.1 Å².